The Balaban J connectivity index is 2.56. The number of rotatable bonds is 5. The maximum atomic E-state index is 12.7. The Morgan fingerprint density at radius 3 is 2.71 bits per heavy atom. The first-order chi connectivity index (χ1) is 11.4. The van der Waals surface area contributed by atoms with Crippen LogP contribution in [0.5, 0.6) is 0 Å². The van der Waals surface area contributed by atoms with E-state index in [0.717, 1.165) is 5.56 Å². The van der Waals surface area contributed by atoms with Crippen molar-refractivity contribution >= 4 is 23.5 Å². The molecule has 1 aromatic carbocycles. The quantitative estimate of drug-likeness (QED) is 0.596. The molecule has 1 aromatic rings. The molecule has 1 aliphatic rings. The fourth-order valence-corrected chi connectivity index (χ4v) is 3.20. The second-order valence-corrected chi connectivity index (χ2v) is 6.43. The fourth-order valence-electron chi connectivity index (χ4n) is 2.93. The van der Waals surface area contributed by atoms with Gasteiger partial charge in [0.25, 0.3) is 0 Å². The van der Waals surface area contributed by atoms with Crippen molar-refractivity contribution in [2.45, 2.75) is 39.2 Å². The number of hydrogen-bond acceptors (Lipinski definition) is 3. The summed E-state index contributed by atoms with van der Waals surface area (Å²) < 4.78 is 5.41. The summed E-state index contributed by atoms with van der Waals surface area (Å²) in [4.78, 5) is 26.8. The minimum atomic E-state index is -0.408. The molecule has 0 saturated heterocycles. The van der Waals surface area contributed by atoms with E-state index in [1.54, 1.807) is 37.8 Å². The summed E-state index contributed by atoms with van der Waals surface area (Å²) in [7, 11) is 0. The molecule has 0 bridgehead atoms. The predicted molar refractivity (Wildman–Crippen MR) is 94.6 cm³/mol. The molecule has 0 saturated carbocycles. The number of carbonyl (C=O) groups is 2. The standard InChI is InChI=1S/C19H22ClNO3/c1-5-10-21-13(4)18(19(23)24-12(2)3)15(11-17(21)22)14-8-6-7-9-16(14)20/h5-9,12,15H,1,10-11H2,2-4H3/t15-/m1/s1. The molecule has 0 N–H and O–H groups in total. The van der Waals surface area contributed by atoms with Crippen LogP contribution in [0.3, 0.4) is 0 Å². The van der Waals surface area contributed by atoms with Crippen LogP contribution < -0.4 is 0 Å². The summed E-state index contributed by atoms with van der Waals surface area (Å²) >= 11 is 6.31. The van der Waals surface area contributed by atoms with Gasteiger partial charge in [0.05, 0.1) is 11.7 Å². The molecule has 0 fully saturated rings. The lowest BCUT2D eigenvalue weighted by Crippen LogP contribution is -2.38. The lowest BCUT2D eigenvalue weighted by atomic mass is 9.83. The molecule has 0 aromatic heterocycles. The van der Waals surface area contributed by atoms with Crippen LogP contribution in [-0.4, -0.2) is 29.4 Å². The molecule has 0 aliphatic carbocycles. The van der Waals surface area contributed by atoms with Crippen LogP contribution >= 0.6 is 11.6 Å². The van der Waals surface area contributed by atoms with Gasteiger partial charge in [-0.3, -0.25) is 4.79 Å². The Bertz CT molecular complexity index is 694. The maximum Gasteiger partial charge on any atom is 0.336 e. The highest BCUT2D eigenvalue weighted by Crippen LogP contribution is 2.39. The molecule has 24 heavy (non-hydrogen) atoms. The van der Waals surface area contributed by atoms with Crippen LogP contribution in [-0.2, 0) is 14.3 Å². The molecule has 0 spiro atoms. The van der Waals surface area contributed by atoms with E-state index in [-0.39, 0.29) is 18.4 Å². The van der Waals surface area contributed by atoms with Gasteiger partial charge in [-0.1, -0.05) is 35.9 Å². The third-order valence-corrected chi connectivity index (χ3v) is 4.32. The Labute approximate surface area is 147 Å². The zero-order valence-corrected chi connectivity index (χ0v) is 15.0. The summed E-state index contributed by atoms with van der Waals surface area (Å²) in [6.07, 6.45) is 1.58. The Kier molecular flexibility index (Phi) is 5.84. The fraction of sp³-hybridized carbons (Fsp3) is 0.368. The van der Waals surface area contributed by atoms with E-state index in [9.17, 15) is 9.59 Å². The van der Waals surface area contributed by atoms with E-state index in [1.165, 1.54) is 0 Å². The van der Waals surface area contributed by atoms with Crippen molar-refractivity contribution in [1.82, 2.24) is 4.90 Å². The summed E-state index contributed by atoms with van der Waals surface area (Å²) in [5, 5.41) is 0.537. The number of hydrogen-bond donors (Lipinski definition) is 0. The highest BCUT2D eigenvalue weighted by atomic mass is 35.5. The molecular formula is C19H22ClNO3. The van der Waals surface area contributed by atoms with Crippen molar-refractivity contribution in [2.75, 3.05) is 6.54 Å². The van der Waals surface area contributed by atoms with Crippen LogP contribution in [0.4, 0.5) is 0 Å². The van der Waals surface area contributed by atoms with Crippen molar-refractivity contribution < 1.29 is 14.3 Å². The van der Waals surface area contributed by atoms with E-state index < -0.39 is 11.9 Å². The number of ether oxygens (including phenoxy) is 1. The second kappa shape index (κ2) is 7.67. The average Bonchev–Trinajstić information content (AvgIpc) is 2.50. The van der Waals surface area contributed by atoms with E-state index in [0.29, 0.717) is 22.8 Å². The minimum Gasteiger partial charge on any atom is -0.460 e. The number of amides is 1. The zero-order valence-electron chi connectivity index (χ0n) is 14.2. The van der Waals surface area contributed by atoms with Gasteiger partial charge < -0.3 is 9.64 Å². The molecule has 2 rings (SSSR count). The van der Waals surface area contributed by atoms with Crippen LogP contribution in [0, 0.1) is 0 Å². The molecule has 1 amide bonds. The van der Waals surface area contributed by atoms with Gasteiger partial charge in [-0.25, -0.2) is 4.79 Å². The summed E-state index contributed by atoms with van der Waals surface area (Å²) in [6.45, 7) is 9.40. The summed E-state index contributed by atoms with van der Waals surface area (Å²) in [5.74, 6) is -0.870. The molecule has 1 aliphatic heterocycles. The zero-order chi connectivity index (χ0) is 17.9. The number of benzene rings is 1. The third kappa shape index (κ3) is 3.70. The van der Waals surface area contributed by atoms with E-state index >= 15 is 0 Å². The van der Waals surface area contributed by atoms with Gasteiger partial charge in [-0.15, -0.1) is 6.58 Å². The number of nitrogens with zero attached hydrogens (tertiary/aromatic N) is 1. The average molecular weight is 348 g/mol. The normalized spacial score (nSPS) is 18.1. The van der Waals surface area contributed by atoms with E-state index in [2.05, 4.69) is 6.58 Å². The Hall–Kier alpha value is -2.07. The van der Waals surface area contributed by atoms with Crippen molar-refractivity contribution in [3.05, 3.63) is 58.8 Å². The topological polar surface area (TPSA) is 46.6 Å². The molecule has 1 atom stereocenters. The largest absolute Gasteiger partial charge is 0.460 e. The van der Waals surface area contributed by atoms with Gasteiger partial charge in [0.1, 0.15) is 0 Å². The number of carbonyl (C=O) groups excluding carboxylic acids is 2. The number of esters is 1. The highest BCUT2D eigenvalue weighted by Gasteiger charge is 2.37. The lowest BCUT2D eigenvalue weighted by molar-refractivity contribution is -0.143. The van der Waals surface area contributed by atoms with Crippen molar-refractivity contribution in [3.63, 3.8) is 0 Å². The van der Waals surface area contributed by atoms with Gasteiger partial charge in [0.15, 0.2) is 0 Å². The Morgan fingerprint density at radius 1 is 1.46 bits per heavy atom. The van der Waals surface area contributed by atoms with Gasteiger partial charge in [-0.2, -0.15) is 0 Å². The first-order valence-electron chi connectivity index (χ1n) is 7.94. The van der Waals surface area contributed by atoms with Crippen molar-refractivity contribution in [1.29, 1.82) is 0 Å². The maximum absolute atomic E-state index is 12.7. The molecular weight excluding hydrogens is 326 g/mol. The monoisotopic (exact) mass is 347 g/mol. The molecule has 0 radical (unpaired) electrons. The van der Waals surface area contributed by atoms with Crippen LogP contribution in [0.15, 0.2) is 48.2 Å². The molecule has 128 valence electrons. The van der Waals surface area contributed by atoms with Gasteiger partial charge in [-0.05, 0) is 32.4 Å². The summed E-state index contributed by atoms with van der Waals surface area (Å²) in [6, 6.07) is 7.28. The van der Waals surface area contributed by atoms with E-state index in [1.807, 2.05) is 18.2 Å². The smallest absolute Gasteiger partial charge is 0.336 e. The number of halogens is 1. The second-order valence-electron chi connectivity index (χ2n) is 6.02. The minimum absolute atomic E-state index is 0.0570. The van der Waals surface area contributed by atoms with Crippen LogP contribution in [0.2, 0.25) is 5.02 Å². The van der Waals surface area contributed by atoms with Gasteiger partial charge >= 0.3 is 5.97 Å². The highest BCUT2D eigenvalue weighted by molar-refractivity contribution is 6.31. The molecule has 0 unspecified atom stereocenters. The first-order valence-corrected chi connectivity index (χ1v) is 8.32. The van der Waals surface area contributed by atoms with Crippen LogP contribution in [0.1, 0.15) is 38.7 Å². The number of allylic oxidation sites excluding steroid dienone is 1. The van der Waals surface area contributed by atoms with Crippen molar-refractivity contribution in [2.24, 2.45) is 0 Å². The predicted octanol–water partition coefficient (Wildman–Crippen LogP) is 4.07. The summed E-state index contributed by atoms with van der Waals surface area (Å²) in [5.41, 5.74) is 1.85. The van der Waals surface area contributed by atoms with Crippen LogP contribution in [0.25, 0.3) is 0 Å². The van der Waals surface area contributed by atoms with Gasteiger partial charge in [0.2, 0.25) is 5.91 Å². The molecule has 1 heterocycles. The molecule has 5 heteroatoms. The van der Waals surface area contributed by atoms with Gasteiger partial charge in [0, 0.05) is 29.6 Å². The Morgan fingerprint density at radius 2 is 2.12 bits per heavy atom. The SMILES string of the molecule is C=CCN1C(=O)C[C@H](c2ccccc2Cl)C(C(=O)OC(C)C)=C1C. The first kappa shape index (κ1) is 18.3. The van der Waals surface area contributed by atoms with Crippen molar-refractivity contribution in [3.8, 4) is 0 Å². The lowest BCUT2D eigenvalue weighted by Gasteiger charge is -2.34. The molecule has 4 nitrogen and oxygen atoms in total. The van der Waals surface area contributed by atoms with E-state index in [4.69, 9.17) is 16.3 Å². The third-order valence-electron chi connectivity index (χ3n) is 3.98.